The highest BCUT2D eigenvalue weighted by Crippen LogP contribution is 2.29. The number of hydrogen-bond donors (Lipinski definition) is 1. The van der Waals surface area contributed by atoms with Crippen LogP contribution in [0.3, 0.4) is 0 Å². The van der Waals surface area contributed by atoms with Crippen molar-refractivity contribution in [3.63, 3.8) is 0 Å². The minimum absolute atomic E-state index is 0.0136. The summed E-state index contributed by atoms with van der Waals surface area (Å²) in [4.78, 5) is 41.9. The Bertz CT molecular complexity index is 706. The first kappa shape index (κ1) is 17.1. The molecule has 0 saturated carbocycles. The van der Waals surface area contributed by atoms with Crippen LogP contribution in [0.1, 0.15) is 13.8 Å². The Balaban J connectivity index is 1.80. The molecule has 0 spiro atoms. The van der Waals surface area contributed by atoms with Gasteiger partial charge in [-0.2, -0.15) is 0 Å². The molecule has 2 heterocycles. The normalized spacial score (nSPS) is 20.2. The van der Waals surface area contributed by atoms with Gasteiger partial charge < -0.3 is 19.9 Å². The summed E-state index contributed by atoms with van der Waals surface area (Å²) in [5.74, 6) is 0.251. The average Bonchev–Trinajstić information content (AvgIpc) is 2.85. The Kier molecular flexibility index (Phi) is 4.52. The maximum Gasteiger partial charge on any atom is 0.332 e. The van der Waals surface area contributed by atoms with Crippen molar-refractivity contribution in [2.45, 2.75) is 25.9 Å². The van der Waals surface area contributed by atoms with Gasteiger partial charge in [-0.1, -0.05) is 6.07 Å². The van der Waals surface area contributed by atoms with Crippen molar-refractivity contribution in [3.05, 3.63) is 24.3 Å². The van der Waals surface area contributed by atoms with Gasteiger partial charge in [-0.25, -0.2) is 14.5 Å². The van der Waals surface area contributed by atoms with Crippen molar-refractivity contribution in [3.8, 4) is 5.75 Å². The molecule has 8 nitrogen and oxygen atoms in total. The van der Waals surface area contributed by atoms with Gasteiger partial charge in [-0.05, 0) is 26.0 Å². The summed E-state index contributed by atoms with van der Waals surface area (Å²) < 4.78 is 5.17. The first-order valence-electron chi connectivity index (χ1n) is 8.26. The van der Waals surface area contributed by atoms with Crippen LogP contribution in [0, 0.1) is 0 Å². The summed E-state index contributed by atoms with van der Waals surface area (Å²) in [5, 5.41) is 2.82. The number of methoxy groups -OCH3 is 1. The average molecular weight is 346 g/mol. The van der Waals surface area contributed by atoms with E-state index < -0.39 is 6.04 Å². The summed E-state index contributed by atoms with van der Waals surface area (Å²) in [7, 11) is 1.53. The lowest BCUT2D eigenvalue weighted by molar-refractivity contribution is -0.120. The van der Waals surface area contributed by atoms with Gasteiger partial charge in [0.25, 0.3) is 5.91 Å². The third-order valence-corrected chi connectivity index (χ3v) is 4.33. The van der Waals surface area contributed by atoms with Crippen LogP contribution < -0.4 is 15.0 Å². The molecule has 25 heavy (non-hydrogen) atoms. The fraction of sp³-hybridized carbons (Fsp3) is 0.471. The summed E-state index contributed by atoms with van der Waals surface area (Å²) in [6.45, 7) is 4.69. The van der Waals surface area contributed by atoms with E-state index in [0.29, 0.717) is 24.5 Å². The van der Waals surface area contributed by atoms with Crippen LogP contribution in [0.4, 0.5) is 15.3 Å². The number of carbonyl (C=O) groups excluding carboxylic acids is 3. The molecule has 8 heteroatoms. The van der Waals surface area contributed by atoms with E-state index in [0.717, 1.165) is 4.90 Å². The summed E-state index contributed by atoms with van der Waals surface area (Å²) in [5.41, 5.74) is 0.474. The third-order valence-electron chi connectivity index (χ3n) is 4.33. The Morgan fingerprint density at radius 2 is 2.04 bits per heavy atom. The monoisotopic (exact) mass is 346 g/mol. The number of rotatable bonds is 3. The number of anilines is 1. The molecule has 2 fully saturated rings. The van der Waals surface area contributed by atoms with Gasteiger partial charge in [0.2, 0.25) is 0 Å². The molecule has 3 rings (SSSR count). The molecule has 2 saturated heterocycles. The van der Waals surface area contributed by atoms with E-state index in [-0.39, 0.29) is 30.6 Å². The van der Waals surface area contributed by atoms with Gasteiger partial charge in [0, 0.05) is 25.2 Å². The third kappa shape index (κ3) is 3.11. The highest BCUT2D eigenvalue weighted by Gasteiger charge is 2.49. The van der Waals surface area contributed by atoms with Crippen LogP contribution in [-0.4, -0.2) is 66.6 Å². The summed E-state index contributed by atoms with van der Waals surface area (Å²) >= 11 is 0. The molecule has 134 valence electrons. The predicted octanol–water partition coefficient (Wildman–Crippen LogP) is 1.27. The van der Waals surface area contributed by atoms with Gasteiger partial charge in [-0.3, -0.25) is 4.79 Å². The van der Waals surface area contributed by atoms with E-state index in [9.17, 15) is 14.4 Å². The lowest BCUT2D eigenvalue weighted by Crippen LogP contribution is -2.57. The number of nitrogens with one attached hydrogen (secondary N) is 1. The molecule has 2 aliphatic heterocycles. The van der Waals surface area contributed by atoms with Crippen LogP contribution in [0.15, 0.2) is 24.3 Å². The zero-order valence-corrected chi connectivity index (χ0v) is 14.6. The van der Waals surface area contributed by atoms with E-state index >= 15 is 0 Å². The van der Waals surface area contributed by atoms with Crippen LogP contribution in [-0.2, 0) is 4.79 Å². The van der Waals surface area contributed by atoms with E-state index in [2.05, 4.69) is 5.32 Å². The second-order valence-corrected chi connectivity index (χ2v) is 6.42. The Morgan fingerprint density at radius 1 is 1.28 bits per heavy atom. The Morgan fingerprint density at radius 3 is 2.72 bits per heavy atom. The van der Waals surface area contributed by atoms with Gasteiger partial charge in [-0.15, -0.1) is 0 Å². The minimum atomic E-state index is -0.648. The van der Waals surface area contributed by atoms with E-state index in [1.165, 1.54) is 12.0 Å². The SMILES string of the molecule is COc1cccc(N2C(=O)[C@H]3CN(C(=O)NC(C)C)CCN3C2=O)c1. The molecule has 0 unspecified atom stereocenters. The van der Waals surface area contributed by atoms with Crippen molar-refractivity contribution in [2.24, 2.45) is 0 Å². The molecule has 2 aliphatic rings. The molecule has 0 radical (unpaired) electrons. The Labute approximate surface area is 146 Å². The molecule has 1 aromatic carbocycles. The largest absolute Gasteiger partial charge is 0.497 e. The number of ether oxygens (including phenoxy) is 1. The standard InChI is InChI=1S/C17H22N4O4/c1-11(2)18-16(23)19-7-8-20-14(10-19)15(22)21(17(20)24)12-5-4-6-13(9-12)25-3/h4-6,9,11,14H,7-8,10H2,1-3H3,(H,18,23)/t14-/m1/s1. The van der Waals surface area contributed by atoms with Crippen molar-refractivity contribution < 1.29 is 19.1 Å². The van der Waals surface area contributed by atoms with E-state index in [1.54, 1.807) is 29.2 Å². The number of hydrogen-bond acceptors (Lipinski definition) is 4. The zero-order valence-electron chi connectivity index (χ0n) is 14.6. The maximum absolute atomic E-state index is 12.8. The highest BCUT2D eigenvalue weighted by atomic mass is 16.5. The van der Waals surface area contributed by atoms with Crippen LogP contribution in [0.2, 0.25) is 0 Å². The second kappa shape index (κ2) is 6.62. The molecule has 1 N–H and O–H groups in total. The molecule has 0 aromatic heterocycles. The minimum Gasteiger partial charge on any atom is -0.497 e. The quantitative estimate of drug-likeness (QED) is 0.836. The van der Waals surface area contributed by atoms with Gasteiger partial charge in [0.15, 0.2) is 0 Å². The van der Waals surface area contributed by atoms with Crippen molar-refractivity contribution in [2.75, 3.05) is 31.6 Å². The first-order valence-corrected chi connectivity index (χ1v) is 8.26. The Hall–Kier alpha value is -2.77. The van der Waals surface area contributed by atoms with Gasteiger partial charge in [0.05, 0.1) is 19.3 Å². The summed E-state index contributed by atoms with van der Waals surface area (Å²) in [6, 6.07) is 5.62. The lowest BCUT2D eigenvalue weighted by atomic mass is 10.2. The van der Waals surface area contributed by atoms with E-state index in [1.807, 2.05) is 13.8 Å². The van der Waals surface area contributed by atoms with Crippen LogP contribution in [0.5, 0.6) is 5.75 Å². The molecule has 0 aliphatic carbocycles. The first-order chi connectivity index (χ1) is 11.9. The maximum atomic E-state index is 12.8. The number of fused-ring (bicyclic) bond motifs is 1. The molecule has 5 amide bonds. The number of imide groups is 1. The molecular weight excluding hydrogens is 324 g/mol. The molecule has 1 atom stereocenters. The van der Waals surface area contributed by atoms with Gasteiger partial charge >= 0.3 is 12.1 Å². The number of nitrogens with zero attached hydrogens (tertiary/aromatic N) is 3. The van der Waals surface area contributed by atoms with Crippen LogP contribution in [0.25, 0.3) is 0 Å². The van der Waals surface area contributed by atoms with Crippen molar-refractivity contribution in [1.29, 1.82) is 0 Å². The van der Waals surface area contributed by atoms with Crippen molar-refractivity contribution >= 4 is 23.7 Å². The number of amides is 5. The number of urea groups is 2. The second-order valence-electron chi connectivity index (χ2n) is 6.42. The highest BCUT2D eigenvalue weighted by molar-refractivity contribution is 6.21. The fourth-order valence-corrected chi connectivity index (χ4v) is 3.10. The fourth-order valence-electron chi connectivity index (χ4n) is 3.10. The topological polar surface area (TPSA) is 82.2 Å². The number of carbonyl (C=O) groups is 3. The molecule has 0 bridgehead atoms. The number of benzene rings is 1. The molecular formula is C17H22N4O4. The zero-order chi connectivity index (χ0) is 18.1. The lowest BCUT2D eigenvalue weighted by Gasteiger charge is -2.35. The van der Waals surface area contributed by atoms with Crippen LogP contribution >= 0.6 is 0 Å². The van der Waals surface area contributed by atoms with E-state index in [4.69, 9.17) is 4.74 Å². The smallest absolute Gasteiger partial charge is 0.332 e. The number of piperazine rings is 1. The predicted molar refractivity (Wildman–Crippen MR) is 91.6 cm³/mol. The van der Waals surface area contributed by atoms with Crippen molar-refractivity contribution in [1.82, 2.24) is 15.1 Å². The molecule has 1 aromatic rings. The van der Waals surface area contributed by atoms with Gasteiger partial charge in [0.1, 0.15) is 11.8 Å². The summed E-state index contributed by atoms with van der Waals surface area (Å²) in [6.07, 6.45) is 0.